The van der Waals surface area contributed by atoms with Gasteiger partial charge in [-0.05, 0) is 62.5 Å². The molecule has 0 radical (unpaired) electrons. The molecule has 0 spiro atoms. The summed E-state index contributed by atoms with van der Waals surface area (Å²) in [7, 11) is 2.13. The molecule has 2 aliphatic rings. The van der Waals surface area contributed by atoms with E-state index in [4.69, 9.17) is 0 Å². The summed E-state index contributed by atoms with van der Waals surface area (Å²) in [6, 6.07) is 15.1. The van der Waals surface area contributed by atoms with E-state index in [1.54, 1.807) is 18.2 Å². The number of carbonyl (C=O) groups excluding carboxylic acids is 2. The first-order chi connectivity index (χ1) is 20.7. The number of piperazine rings is 1. The van der Waals surface area contributed by atoms with Gasteiger partial charge < -0.3 is 25.1 Å². The van der Waals surface area contributed by atoms with E-state index in [1.165, 1.54) is 10.9 Å². The quantitative estimate of drug-likeness (QED) is 0.375. The van der Waals surface area contributed by atoms with E-state index in [2.05, 4.69) is 34.1 Å². The SMILES string of the molecule is C[C@H](CC(=O)N1CCC(O)(Cn2cnc3cc(NC(=O)CCCN4CCN(C)CC4)ccc3c2=O)CC1)c1ccccc1. The van der Waals surface area contributed by atoms with E-state index in [9.17, 15) is 19.5 Å². The number of hydrogen-bond donors (Lipinski definition) is 2. The topological polar surface area (TPSA) is 111 Å². The fourth-order valence-electron chi connectivity index (χ4n) is 6.04. The van der Waals surface area contributed by atoms with Crippen LogP contribution in [-0.4, -0.2) is 99.6 Å². The van der Waals surface area contributed by atoms with E-state index in [1.807, 2.05) is 35.2 Å². The predicted molar refractivity (Wildman–Crippen MR) is 168 cm³/mol. The molecule has 5 rings (SSSR count). The van der Waals surface area contributed by atoms with Gasteiger partial charge in [-0.2, -0.15) is 0 Å². The molecule has 230 valence electrons. The third-order valence-corrected chi connectivity index (χ3v) is 8.94. The number of rotatable bonds is 10. The number of fused-ring (bicyclic) bond motifs is 1. The van der Waals surface area contributed by atoms with Crippen molar-refractivity contribution in [1.82, 2.24) is 24.3 Å². The molecule has 0 unspecified atom stereocenters. The maximum atomic E-state index is 13.3. The zero-order valence-corrected chi connectivity index (χ0v) is 25.4. The first-order valence-corrected chi connectivity index (χ1v) is 15.4. The first kappa shape index (κ1) is 30.8. The minimum absolute atomic E-state index is 0.0524. The Morgan fingerprint density at radius 3 is 2.47 bits per heavy atom. The number of anilines is 1. The van der Waals surface area contributed by atoms with Crippen molar-refractivity contribution in [2.75, 3.05) is 58.2 Å². The molecule has 0 aliphatic carbocycles. The smallest absolute Gasteiger partial charge is 0.261 e. The molecule has 1 atom stereocenters. The molecule has 1 aromatic heterocycles. The summed E-state index contributed by atoms with van der Waals surface area (Å²) in [5, 5.41) is 14.7. The van der Waals surface area contributed by atoms with E-state index in [0.29, 0.717) is 55.4 Å². The zero-order chi connectivity index (χ0) is 30.4. The van der Waals surface area contributed by atoms with Crippen molar-refractivity contribution in [3.8, 4) is 0 Å². The Hall–Kier alpha value is -3.60. The third-order valence-electron chi connectivity index (χ3n) is 8.94. The van der Waals surface area contributed by atoms with Gasteiger partial charge in [-0.1, -0.05) is 37.3 Å². The number of hydrogen-bond acceptors (Lipinski definition) is 7. The van der Waals surface area contributed by atoms with E-state index >= 15 is 0 Å². The lowest BCUT2D eigenvalue weighted by molar-refractivity contribution is -0.136. The maximum Gasteiger partial charge on any atom is 0.261 e. The molecule has 2 aromatic carbocycles. The van der Waals surface area contributed by atoms with Crippen molar-refractivity contribution >= 4 is 28.4 Å². The molecular weight excluding hydrogens is 544 g/mol. The molecule has 0 bridgehead atoms. The number of nitrogens with one attached hydrogen (secondary N) is 1. The van der Waals surface area contributed by atoms with Crippen LogP contribution >= 0.6 is 0 Å². The minimum Gasteiger partial charge on any atom is -0.388 e. The fourth-order valence-corrected chi connectivity index (χ4v) is 6.04. The average Bonchev–Trinajstić information content (AvgIpc) is 3.00. The summed E-state index contributed by atoms with van der Waals surface area (Å²) < 4.78 is 1.45. The lowest BCUT2D eigenvalue weighted by Gasteiger charge is -2.38. The summed E-state index contributed by atoms with van der Waals surface area (Å²) in [5.41, 5.74) is 0.909. The van der Waals surface area contributed by atoms with Crippen LogP contribution in [0.4, 0.5) is 5.69 Å². The van der Waals surface area contributed by atoms with Crippen LogP contribution in [0.5, 0.6) is 0 Å². The summed E-state index contributed by atoms with van der Waals surface area (Å²) in [4.78, 5) is 49.7. The number of amides is 2. The molecule has 2 N–H and O–H groups in total. The second-order valence-corrected chi connectivity index (χ2v) is 12.3. The Bertz CT molecular complexity index is 1460. The highest BCUT2D eigenvalue weighted by Gasteiger charge is 2.35. The molecule has 3 aromatic rings. The normalized spacial score (nSPS) is 18.4. The summed E-state index contributed by atoms with van der Waals surface area (Å²) in [6.45, 7) is 8.18. The van der Waals surface area contributed by atoms with Gasteiger partial charge in [0.15, 0.2) is 0 Å². The Labute approximate surface area is 253 Å². The van der Waals surface area contributed by atoms with Crippen LogP contribution < -0.4 is 10.9 Å². The van der Waals surface area contributed by atoms with Gasteiger partial charge in [0.1, 0.15) is 0 Å². The summed E-state index contributed by atoms with van der Waals surface area (Å²) in [6.07, 6.45) is 3.91. The van der Waals surface area contributed by atoms with E-state index in [0.717, 1.165) is 44.7 Å². The highest BCUT2D eigenvalue weighted by Crippen LogP contribution is 2.27. The number of carbonyl (C=O) groups is 2. The monoisotopic (exact) mass is 588 g/mol. The van der Waals surface area contributed by atoms with Crippen molar-refractivity contribution in [1.29, 1.82) is 0 Å². The van der Waals surface area contributed by atoms with Crippen molar-refractivity contribution in [2.24, 2.45) is 0 Å². The molecule has 10 nitrogen and oxygen atoms in total. The summed E-state index contributed by atoms with van der Waals surface area (Å²) >= 11 is 0. The van der Waals surface area contributed by atoms with E-state index < -0.39 is 5.60 Å². The van der Waals surface area contributed by atoms with Crippen molar-refractivity contribution in [3.05, 3.63) is 70.8 Å². The lowest BCUT2D eigenvalue weighted by Crippen LogP contribution is -2.49. The second kappa shape index (κ2) is 13.8. The standard InChI is InChI=1S/C33H44N6O4/c1-25(26-7-4-3-5-8-26)21-31(41)38-15-12-33(43,13-16-38)23-39-24-34-29-22-27(10-11-28(29)32(39)42)35-30(40)9-6-14-37-19-17-36(2)18-20-37/h3-5,7-8,10-11,22,24-25,43H,6,9,12-21,23H2,1-2H3,(H,35,40)/t25-/m1/s1. The first-order valence-electron chi connectivity index (χ1n) is 15.4. The molecule has 2 aliphatic heterocycles. The van der Waals surface area contributed by atoms with Gasteiger partial charge in [0.2, 0.25) is 11.8 Å². The highest BCUT2D eigenvalue weighted by molar-refractivity contribution is 5.93. The van der Waals surface area contributed by atoms with Gasteiger partial charge in [-0.3, -0.25) is 19.0 Å². The van der Waals surface area contributed by atoms with Gasteiger partial charge >= 0.3 is 0 Å². The van der Waals surface area contributed by atoms with Crippen molar-refractivity contribution in [3.63, 3.8) is 0 Å². The number of nitrogens with zero attached hydrogens (tertiary/aromatic N) is 5. The number of aromatic nitrogens is 2. The Balaban J connectivity index is 1.12. The van der Waals surface area contributed by atoms with Crippen LogP contribution in [-0.2, 0) is 16.1 Å². The van der Waals surface area contributed by atoms with Crippen LogP contribution in [0.3, 0.4) is 0 Å². The Morgan fingerprint density at radius 1 is 1.02 bits per heavy atom. The largest absolute Gasteiger partial charge is 0.388 e. The van der Waals surface area contributed by atoms with Crippen LogP contribution in [0.25, 0.3) is 10.9 Å². The Kier molecular flexibility index (Phi) is 9.90. The number of piperidine rings is 1. The fraction of sp³-hybridized carbons (Fsp3) is 0.515. The van der Waals surface area contributed by atoms with Crippen LogP contribution in [0.15, 0.2) is 59.7 Å². The molecule has 10 heteroatoms. The molecule has 0 saturated carbocycles. The summed E-state index contributed by atoms with van der Waals surface area (Å²) in [5.74, 6) is 0.155. The molecular formula is C33H44N6O4. The molecule has 43 heavy (non-hydrogen) atoms. The van der Waals surface area contributed by atoms with Gasteiger partial charge in [0.05, 0.1) is 29.4 Å². The van der Waals surface area contributed by atoms with E-state index in [-0.39, 0.29) is 29.8 Å². The number of aliphatic hydroxyl groups is 1. The molecule has 2 fully saturated rings. The average molecular weight is 589 g/mol. The van der Waals surface area contributed by atoms with Crippen LogP contribution in [0.1, 0.15) is 50.5 Å². The van der Waals surface area contributed by atoms with Gasteiger partial charge in [0, 0.05) is 57.8 Å². The molecule has 2 amide bonds. The third kappa shape index (κ3) is 8.07. The maximum absolute atomic E-state index is 13.3. The molecule has 2 saturated heterocycles. The Morgan fingerprint density at radius 2 is 1.74 bits per heavy atom. The van der Waals surface area contributed by atoms with Gasteiger partial charge in [-0.25, -0.2) is 4.98 Å². The minimum atomic E-state index is -1.10. The number of benzene rings is 2. The zero-order valence-electron chi connectivity index (χ0n) is 25.4. The van der Waals surface area contributed by atoms with Crippen LogP contribution in [0.2, 0.25) is 0 Å². The second-order valence-electron chi connectivity index (χ2n) is 12.3. The van der Waals surface area contributed by atoms with Crippen LogP contribution in [0, 0.1) is 0 Å². The van der Waals surface area contributed by atoms with Gasteiger partial charge in [-0.15, -0.1) is 0 Å². The number of likely N-dealkylation sites (N-methyl/N-ethyl adjacent to an activating group) is 1. The lowest BCUT2D eigenvalue weighted by atomic mass is 9.90. The molecule has 3 heterocycles. The highest BCUT2D eigenvalue weighted by atomic mass is 16.3. The number of likely N-dealkylation sites (tertiary alicyclic amines) is 1. The predicted octanol–water partition coefficient (Wildman–Crippen LogP) is 2.91. The van der Waals surface area contributed by atoms with Gasteiger partial charge in [0.25, 0.3) is 5.56 Å². The van der Waals surface area contributed by atoms with Crippen molar-refractivity contribution < 1.29 is 14.7 Å². The van der Waals surface area contributed by atoms with Crippen molar-refractivity contribution in [2.45, 2.75) is 57.1 Å².